The van der Waals surface area contributed by atoms with Crippen LogP contribution in [-0.2, 0) is 14.8 Å². The fourth-order valence-corrected chi connectivity index (χ4v) is 2.67. The maximum Gasteiger partial charge on any atom is 0.241 e. The summed E-state index contributed by atoms with van der Waals surface area (Å²) in [4.78, 5) is 11.8. The third-order valence-corrected chi connectivity index (χ3v) is 4.23. The van der Waals surface area contributed by atoms with Gasteiger partial charge in [-0.3, -0.25) is 4.79 Å². The Morgan fingerprint density at radius 3 is 2.24 bits per heavy atom. The van der Waals surface area contributed by atoms with Gasteiger partial charge in [-0.1, -0.05) is 35.9 Å². The van der Waals surface area contributed by atoms with Crippen LogP contribution in [0.1, 0.15) is 5.56 Å². The Morgan fingerprint density at radius 2 is 1.62 bits per heavy atom. The summed E-state index contributed by atoms with van der Waals surface area (Å²) in [6.45, 7) is 1.56. The number of carbonyl (C=O) groups excluding carboxylic acids is 1. The van der Waals surface area contributed by atoms with Crippen LogP contribution in [0.2, 0.25) is 0 Å². The average molecular weight is 304 g/mol. The van der Waals surface area contributed by atoms with Crippen LogP contribution in [0.4, 0.5) is 5.69 Å². The molecule has 110 valence electrons. The first-order valence-corrected chi connectivity index (χ1v) is 7.87. The molecule has 2 rings (SSSR count). The number of anilines is 1. The number of amides is 1. The van der Waals surface area contributed by atoms with Crippen molar-refractivity contribution in [1.29, 1.82) is 0 Å². The molecule has 21 heavy (non-hydrogen) atoms. The SMILES string of the molecule is Cc1ccc(S(=O)(=O)NCC(=O)Nc2ccccc2)cc1. The molecule has 0 unspecified atom stereocenters. The van der Waals surface area contributed by atoms with Gasteiger partial charge in [-0.25, -0.2) is 13.1 Å². The fraction of sp³-hybridized carbons (Fsp3) is 0.133. The van der Waals surface area contributed by atoms with Crippen molar-refractivity contribution in [2.24, 2.45) is 0 Å². The maximum absolute atomic E-state index is 12.0. The van der Waals surface area contributed by atoms with Gasteiger partial charge < -0.3 is 5.32 Å². The Bertz CT molecular complexity index is 710. The molecule has 0 aromatic heterocycles. The molecule has 0 spiro atoms. The van der Waals surface area contributed by atoms with E-state index in [4.69, 9.17) is 0 Å². The highest BCUT2D eigenvalue weighted by Gasteiger charge is 2.15. The molecule has 0 heterocycles. The highest BCUT2D eigenvalue weighted by molar-refractivity contribution is 7.89. The molecule has 5 nitrogen and oxygen atoms in total. The quantitative estimate of drug-likeness (QED) is 0.886. The molecule has 0 saturated carbocycles. The lowest BCUT2D eigenvalue weighted by molar-refractivity contribution is -0.115. The second-order valence-electron chi connectivity index (χ2n) is 4.55. The first-order valence-electron chi connectivity index (χ1n) is 6.38. The van der Waals surface area contributed by atoms with Crippen LogP contribution in [0.3, 0.4) is 0 Å². The molecule has 0 radical (unpaired) electrons. The molecule has 0 bridgehead atoms. The lowest BCUT2D eigenvalue weighted by Crippen LogP contribution is -2.32. The Hall–Kier alpha value is -2.18. The Kier molecular flexibility index (Phi) is 4.72. The standard InChI is InChI=1S/C15H16N2O3S/c1-12-7-9-14(10-8-12)21(19,20)16-11-15(18)17-13-5-3-2-4-6-13/h2-10,16H,11H2,1H3,(H,17,18). The number of benzene rings is 2. The third kappa shape index (κ3) is 4.40. The number of aryl methyl sites for hydroxylation is 1. The zero-order chi connectivity index (χ0) is 15.3. The number of carbonyl (C=O) groups is 1. The van der Waals surface area contributed by atoms with E-state index in [1.54, 1.807) is 36.4 Å². The van der Waals surface area contributed by atoms with E-state index in [0.29, 0.717) is 5.69 Å². The Morgan fingerprint density at radius 1 is 1.00 bits per heavy atom. The molecule has 0 saturated heterocycles. The molecular weight excluding hydrogens is 288 g/mol. The molecular formula is C15H16N2O3S. The highest BCUT2D eigenvalue weighted by atomic mass is 32.2. The summed E-state index contributed by atoms with van der Waals surface area (Å²) in [6, 6.07) is 15.3. The first-order chi connectivity index (χ1) is 9.97. The predicted molar refractivity (Wildman–Crippen MR) is 81.4 cm³/mol. The van der Waals surface area contributed by atoms with Crippen molar-refractivity contribution < 1.29 is 13.2 Å². The van der Waals surface area contributed by atoms with E-state index in [9.17, 15) is 13.2 Å². The summed E-state index contributed by atoms with van der Waals surface area (Å²) in [5, 5.41) is 2.61. The summed E-state index contributed by atoms with van der Waals surface area (Å²) >= 11 is 0. The van der Waals surface area contributed by atoms with E-state index in [1.165, 1.54) is 12.1 Å². The molecule has 6 heteroatoms. The van der Waals surface area contributed by atoms with Crippen LogP contribution in [-0.4, -0.2) is 20.9 Å². The smallest absolute Gasteiger partial charge is 0.241 e. The van der Waals surface area contributed by atoms with E-state index < -0.39 is 15.9 Å². The van der Waals surface area contributed by atoms with Gasteiger partial charge in [-0.15, -0.1) is 0 Å². The van der Waals surface area contributed by atoms with Crippen molar-refractivity contribution in [2.45, 2.75) is 11.8 Å². The van der Waals surface area contributed by atoms with Crippen LogP contribution in [0, 0.1) is 6.92 Å². The molecule has 2 aromatic rings. The van der Waals surface area contributed by atoms with Gasteiger partial charge in [-0.05, 0) is 31.2 Å². The first kappa shape index (κ1) is 15.2. The molecule has 1 amide bonds. The highest BCUT2D eigenvalue weighted by Crippen LogP contribution is 2.09. The topological polar surface area (TPSA) is 75.3 Å². The number of hydrogen-bond acceptors (Lipinski definition) is 3. The van der Waals surface area contributed by atoms with Crippen molar-refractivity contribution in [3.63, 3.8) is 0 Å². The van der Waals surface area contributed by atoms with Gasteiger partial charge >= 0.3 is 0 Å². The maximum atomic E-state index is 12.0. The molecule has 0 aliphatic rings. The van der Waals surface area contributed by atoms with Gasteiger partial charge in [0.25, 0.3) is 0 Å². The lowest BCUT2D eigenvalue weighted by atomic mass is 10.2. The van der Waals surface area contributed by atoms with Crippen LogP contribution in [0.15, 0.2) is 59.5 Å². The molecule has 0 aliphatic heterocycles. The molecule has 2 N–H and O–H groups in total. The predicted octanol–water partition coefficient (Wildman–Crippen LogP) is 1.91. The Labute approximate surface area is 124 Å². The minimum atomic E-state index is -3.68. The molecule has 0 aliphatic carbocycles. The number of rotatable bonds is 5. The van der Waals surface area contributed by atoms with Gasteiger partial charge in [0, 0.05) is 5.69 Å². The van der Waals surface area contributed by atoms with Gasteiger partial charge in [-0.2, -0.15) is 0 Å². The van der Waals surface area contributed by atoms with Gasteiger partial charge in [0.15, 0.2) is 0 Å². The van der Waals surface area contributed by atoms with Crippen molar-refractivity contribution in [2.75, 3.05) is 11.9 Å². The second kappa shape index (κ2) is 6.51. The number of sulfonamides is 1. The lowest BCUT2D eigenvalue weighted by Gasteiger charge is -2.08. The van der Waals surface area contributed by atoms with Crippen LogP contribution >= 0.6 is 0 Å². The van der Waals surface area contributed by atoms with Crippen molar-refractivity contribution in [1.82, 2.24) is 4.72 Å². The van der Waals surface area contributed by atoms with Crippen molar-refractivity contribution in [3.05, 3.63) is 60.2 Å². The zero-order valence-electron chi connectivity index (χ0n) is 11.5. The van der Waals surface area contributed by atoms with Crippen LogP contribution < -0.4 is 10.0 Å². The zero-order valence-corrected chi connectivity index (χ0v) is 12.4. The average Bonchev–Trinajstić information content (AvgIpc) is 2.47. The van der Waals surface area contributed by atoms with E-state index in [0.717, 1.165) is 5.56 Å². The summed E-state index contributed by atoms with van der Waals surface area (Å²) in [5.74, 6) is -0.420. The van der Waals surface area contributed by atoms with Gasteiger partial charge in [0.2, 0.25) is 15.9 Å². The van der Waals surface area contributed by atoms with E-state index in [2.05, 4.69) is 10.0 Å². The van der Waals surface area contributed by atoms with E-state index >= 15 is 0 Å². The third-order valence-electron chi connectivity index (χ3n) is 2.81. The monoisotopic (exact) mass is 304 g/mol. The number of nitrogens with one attached hydrogen (secondary N) is 2. The normalized spacial score (nSPS) is 11.1. The van der Waals surface area contributed by atoms with E-state index in [1.807, 2.05) is 13.0 Å². The largest absolute Gasteiger partial charge is 0.325 e. The second-order valence-corrected chi connectivity index (χ2v) is 6.32. The van der Waals surface area contributed by atoms with Gasteiger partial charge in [0.05, 0.1) is 11.4 Å². The summed E-state index contributed by atoms with van der Waals surface area (Å²) < 4.78 is 26.3. The fourth-order valence-electron chi connectivity index (χ4n) is 1.69. The minimum absolute atomic E-state index is 0.139. The van der Waals surface area contributed by atoms with Crippen LogP contribution in [0.5, 0.6) is 0 Å². The van der Waals surface area contributed by atoms with E-state index in [-0.39, 0.29) is 11.4 Å². The minimum Gasteiger partial charge on any atom is -0.325 e. The van der Waals surface area contributed by atoms with Crippen molar-refractivity contribution >= 4 is 21.6 Å². The molecule has 2 aromatic carbocycles. The summed E-state index contributed by atoms with van der Waals surface area (Å²) in [7, 11) is -3.68. The number of para-hydroxylation sites is 1. The molecule has 0 fully saturated rings. The summed E-state index contributed by atoms with van der Waals surface area (Å²) in [5.41, 5.74) is 1.59. The van der Waals surface area contributed by atoms with Crippen LogP contribution in [0.25, 0.3) is 0 Å². The number of hydrogen-bond donors (Lipinski definition) is 2. The van der Waals surface area contributed by atoms with Gasteiger partial charge in [0.1, 0.15) is 0 Å². The Balaban J connectivity index is 1.95. The molecule has 0 atom stereocenters. The summed E-state index contributed by atoms with van der Waals surface area (Å²) in [6.07, 6.45) is 0. The van der Waals surface area contributed by atoms with Crippen molar-refractivity contribution in [3.8, 4) is 0 Å².